The topological polar surface area (TPSA) is 49.0 Å². The van der Waals surface area contributed by atoms with Gasteiger partial charge in [-0.1, -0.05) is 0 Å². The summed E-state index contributed by atoms with van der Waals surface area (Å²) in [7, 11) is 1.79. The molecule has 0 atom stereocenters. The van der Waals surface area contributed by atoms with Gasteiger partial charge in [0.25, 0.3) is 0 Å². The molecule has 2 heterocycles. The maximum atomic E-state index is 11.5. The Bertz CT molecular complexity index is 485. The average Bonchev–Trinajstić information content (AvgIpc) is 2.86. The Hall–Kier alpha value is -2.04. The van der Waals surface area contributed by atoms with Crippen molar-refractivity contribution in [1.82, 2.24) is 14.3 Å². The van der Waals surface area contributed by atoms with Gasteiger partial charge in [0.05, 0.1) is 6.61 Å². The van der Waals surface area contributed by atoms with Crippen LogP contribution in [0.2, 0.25) is 0 Å². The monoisotopic (exact) mass is 219 g/mol. The number of carbonyl (C=O) groups excluding carboxylic acids is 1. The Balaban J connectivity index is 2.32. The lowest BCUT2D eigenvalue weighted by Gasteiger charge is -2.00. The molecule has 5 heteroatoms. The summed E-state index contributed by atoms with van der Waals surface area (Å²) in [5.41, 5.74) is 0.327. The molecule has 2 aromatic rings. The minimum atomic E-state index is -0.392. The van der Waals surface area contributed by atoms with Crippen LogP contribution in [0.25, 0.3) is 5.82 Å². The molecule has 0 aliphatic carbocycles. The molecule has 0 saturated carbocycles. The van der Waals surface area contributed by atoms with E-state index in [1.807, 2.05) is 29.1 Å². The smallest absolute Gasteiger partial charge is 0.358 e. The quantitative estimate of drug-likeness (QED) is 0.733. The molecule has 0 bridgehead atoms. The average molecular weight is 219 g/mol. The van der Waals surface area contributed by atoms with Gasteiger partial charge in [0.1, 0.15) is 5.82 Å². The van der Waals surface area contributed by atoms with Gasteiger partial charge in [0.15, 0.2) is 5.69 Å². The molecule has 0 N–H and O–H groups in total. The highest BCUT2D eigenvalue weighted by Gasteiger charge is 2.13. The summed E-state index contributed by atoms with van der Waals surface area (Å²) < 4.78 is 8.42. The van der Waals surface area contributed by atoms with Crippen LogP contribution in [0.15, 0.2) is 30.6 Å². The van der Waals surface area contributed by atoms with Crippen LogP contribution in [0.5, 0.6) is 0 Å². The van der Waals surface area contributed by atoms with E-state index in [1.54, 1.807) is 24.7 Å². The van der Waals surface area contributed by atoms with Crippen molar-refractivity contribution in [3.05, 3.63) is 36.3 Å². The van der Waals surface area contributed by atoms with Crippen molar-refractivity contribution in [2.24, 2.45) is 7.05 Å². The highest BCUT2D eigenvalue weighted by atomic mass is 16.5. The predicted molar refractivity (Wildman–Crippen MR) is 58.5 cm³/mol. The predicted octanol–water partition coefficient (Wildman–Crippen LogP) is 1.39. The van der Waals surface area contributed by atoms with Gasteiger partial charge in [-0.25, -0.2) is 4.79 Å². The van der Waals surface area contributed by atoms with E-state index >= 15 is 0 Å². The van der Waals surface area contributed by atoms with E-state index in [-0.39, 0.29) is 0 Å². The fraction of sp³-hybridized carbons (Fsp3) is 0.273. The minimum Gasteiger partial charge on any atom is -0.461 e. The van der Waals surface area contributed by atoms with E-state index in [9.17, 15) is 4.79 Å². The van der Waals surface area contributed by atoms with Crippen LogP contribution in [0.1, 0.15) is 17.4 Å². The Labute approximate surface area is 93.2 Å². The molecule has 2 rings (SSSR count). The van der Waals surface area contributed by atoms with E-state index in [2.05, 4.69) is 5.10 Å². The second-order valence-corrected chi connectivity index (χ2v) is 3.32. The molecule has 84 valence electrons. The van der Waals surface area contributed by atoms with Crippen LogP contribution in [0.4, 0.5) is 0 Å². The summed E-state index contributed by atoms with van der Waals surface area (Å²) in [6.45, 7) is 2.13. The van der Waals surface area contributed by atoms with E-state index in [0.717, 1.165) is 5.82 Å². The number of esters is 1. The first-order valence-corrected chi connectivity index (χ1v) is 5.07. The summed E-state index contributed by atoms with van der Waals surface area (Å²) in [6.07, 6.45) is 3.79. The first kappa shape index (κ1) is 10.5. The maximum absolute atomic E-state index is 11.5. The second kappa shape index (κ2) is 4.22. The van der Waals surface area contributed by atoms with Crippen molar-refractivity contribution < 1.29 is 9.53 Å². The van der Waals surface area contributed by atoms with Crippen molar-refractivity contribution in [2.75, 3.05) is 6.61 Å². The number of ether oxygens (including phenoxy) is 1. The number of carbonyl (C=O) groups is 1. The highest BCUT2D eigenvalue weighted by Crippen LogP contribution is 2.10. The largest absolute Gasteiger partial charge is 0.461 e. The number of aryl methyl sites for hydroxylation is 1. The zero-order valence-corrected chi connectivity index (χ0v) is 9.25. The van der Waals surface area contributed by atoms with Crippen molar-refractivity contribution in [1.29, 1.82) is 0 Å². The first-order chi connectivity index (χ1) is 7.72. The third kappa shape index (κ3) is 1.84. The Morgan fingerprint density at radius 1 is 1.44 bits per heavy atom. The van der Waals surface area contributed by atoms with Gasteiger partial charge in [-0.3, -0.25) is 4.68 Å². The molecule has 5 nitrogen and oxygen atoms in total. The molecule has 0 aromatic carbocycles. The SMILES string of the molecule is CCOC(=O)c1cc(-n2cccc2)n(C)n1. The maximum Gasteiger partial charge on any atom is 0.358 e. The van der Waals surface area contributed by atoms with Crippen LogP contribution in [0, 0.1) is 0 Å². The third-order valence-electron chi connectivity index (χ3n) is 2.21. The lowest BCUT2D eigenvalue weighted by atomic mass is 10.4. The van der Waals surface area contributed by atoms with Crippen molar-refractivity contribution >= 4 is 5.97 Å². The number of hydrogen-bond acceptors (Lipinski definition) is 3. The van der Waals surface area contributed by atoms with E-state index in [1.165, 1.54) is 0 Å². The summed E-state index contributed by atoms with van der Waals surface area (Å²) in [5, 5.41) is 4.11. The van der Waals surface area contributed by atoms with Gasteiger partial charge >= 0.3 is 5.97 Å². The van der Waals surface area contributed by atoms with E-state index in [4.69, 9.17) is 4.74 Å². The minimum absolute atomic E-state index is 0.327. The molecule has 16 heavy (non-hydrogen) atoms. The van der Waals surface area contributed by atoms with Gasteiger partial charge in [-0.2, -0.15) is 5.10 Å². The lowest BCUT2D eigenvalue weighted by Crippen LogP contribution is -2.06. The summed E-state index contributed by atoms with van der Waals surface area (Å²) in [5.74, 6) is 0.435. The number of nitrogens with zero attached hydrogens (tertiary/aromatic N) is 3. The molecule has 0 saturated heterocycles. The highest BCUT2D eigenvalue weighted by molar-refractivity contribution is 5.87. The molecule has 0 spiro atoms. The summed E-state index contributed by atoms with van der Waals surface area (Å²) >= 11 is 0. The van der Waals surface area contributed by atoms with Crippen molar-refractivity contribution in [3.8, 4) is 5.82 Å². The van der Waals surface area contributed by atoms with Gasteiger partial charge in [-0.15, -0.1) is 0 Å². The summed E-state index contributed by atoms with van der Waals surface area (Å²) in [6, 6.07) is 5.53. The molecule has 0 fully saturated rings. The number of rotatable bonds is 3. The van der Waals surface area contributed by atoms with Crippen LogP contribution < -0.4 is 0 Å². The van der Waals surface area contributed by atoms with E-state index in [0.29, 0.717) is 12.3 Å². The fourth-order valence-electron chi connectivity index (χ4n) is 1.49. The molecular formula is C11H13N3O2. The Morgan fingerprint density at radius 2 is 2.12 bits per heavy atom. The van der Waals surface area contributed by atoms with Gasteiger partial charge in [0.2, 0.25) is 0 Å². The Kier molecular flexibility index (Phi) is 2.76. The summed E-state index contributed by atoms with van der Waals surface area (Å²) in [4.78, 5) is 11.5. The third-order valence-corrected chi connectivity index (χ3v) is 2.21. The normalized spacial score (nSPS) is 10.4. The van der Waals surface area contributed by atoms with Gasteiger partial charge in [0, 0.05) is 25.5 Å². The lowest BCUT2D eigenvalue weighted by molar-refractivity contribution is 0.0518. The molecule has 0 aliphatic heterocycles. The second-order valence-electron chi connectivity index (χ2n) is 3.32. The zero-order chi connectivity index (χ0) is 11.5. The first-order valence-electron chi connectivity index (χ1n) is 5.07. The standard InChI is InChI=1S/C11H13N3O2/c1-3-16-11(15)9-8-10(13(2)12-9)14-6-4-5-7-14/h4-8H,3H2,1-2H3. The van der Waals surface area contributed by atoms with Crippen LogP contribution in [0.3, 0.4) is 0 Å². The molecule has 0 amide bonds. The van der Waals surface area contributed by atoms with E-state index < -0.39 is 5.97 Å². The van der Waals surface area contributed by atoms with Crippen LogP contribution >= 0.6 is 0 Å². The van der Waals surface area contributed by atoms with Crippen LogP contribution in [-0.4, -0.2) is 26.9 Å². The Morgan fingerprint density at radius 3 is 2.75 bits per heavy atom. The number of aromatic nitrogens is 3. The van der Waals surface area contributed by atoms with Crippen molar-refractivity contribution in [2.45, 2.75) is 6.92 Å². The molecule has 0 radical (unpaired) electrons. The van der Waals surface area contributed by atoms with Crippen molar-refractivity contribution in [3.63, 3.8) is 0 Å². The van der Waals surface area contributed by atoms with Crippen LogP contribution in [-0.2, 0) is 11.8 Å². The molecule has 0 unspecified atom stereocenters. The van der Waals surface area contributed by atoms with Gasteiger partial charge < -0.3 is 9.30 Å². The molecule has 0 aliphatic rings. The molecule has 2 aromatic heterocycles. The molecular weight excluding hydrogens is 206 g/mol. The fourth-order valence-corrected chi connectivity index (χ4v) is 1.49. The van der Waals surface area contributed by atoms with Gasteiger partial charge in [-0.05, 0) is 19.1 Å². The number of hydrogen-bond donors (Lipinski definition) is 0. The zero-order valence-electron chi connectivity index (χ0n) is 9.25.